The normalized spacial score (nSPS) is 21.5. The number of Topliss-reactive ketones (excluding diaryl/α,β-unsaturated/α-hetero) is 1. The minimum absolute atomic E-state index is 0.176. The van der Waals surface area contributed by atoms with Crippen LogP contribution >= 0.6 is 23.4 Å². The van der Waals surface area contributed by atoms with E-state index in [2.05, 4.69) is 15.3 Å². The number of amides is 2. The van der Waals surface area contributed by atoms with Gasteiger partial charge in [-0.15, -0.1) is 23.4 Å². The number of hydrogen-bond acceptors (Lipinski definition) is 9. The number of ether oxygens (including phenoxy) is 1. The molecule has 0 spiro atoms. The van der Waals surface area contributed by atoms with Crippen molar-refractivity contribution >= 4 is 58.6 Å². The van der Waals surface area contributed by atoms with Gasteiger partial charge in [-0.2, -0.15) is 0 Å². The van der Waals surface area contributed by atoms with Crippen LogP contribution in [0.4, 0.5) is 0 Å². The van der Waals surface area contributed by atoms with Gasteiger partial charge in [0.05, 0.1) is 5.88 Å². The van der Waals surface area contributed by atoms with Crippen LogP contribution in [0, 0.1) is 0 Å². The molecule has 0 aromatic heterocycles. The summed E-state index contributed by atoms with van der Waals surface area (Å²) in [6.07, 6.45) is 0. The predicted molar refractivity (Wildman–Crippen MR) is 96.5 cm³/mol. The molecule has 2 aliphatic rings. The summed E-state index contributed by atoms with van der Waals surface area (Å²) in [5, 5.41) is 14.4. The molecule has 11 nitrogen and oxygen atoms in total. The van der Waals surface area contributed by atoms with Gasteiger partial charge >= 0.3 is 11.9 Å². The van der Waals surface area contributed by atoms with E-state index in [0.29, 0.717) is 0 Å². The molecule has 0 aromatic rings. The Bertz CT molecular complexity index is 796. The van der Waals surface area contributed by atoms with E-state index in [1.807, 2.05) is 0 Å². The molecular formula is C15H16ClN3O8S. The summed E-state index contributed by atoms with van der Waals surface area (Å²) in [5.74, 6) is -4.71. The van der Waals surface area contributed by atoms with Gasteiger partial charge in [-0.3, -0.25) is 24.1 Å². The Hall–Kier alpha value is -2.60. The van der Waals surface area contributed by atoms with Crippen LogP contribution in [0.15, 0.2) is 16.4 Å². The second-order valence-corrected chi connectivity index (χ2v) is 6.95. The van der Waals surface area contributed by atoms with Crippen molar-refractivity contribution < 1.29 is 38.7 Å². The number of aliphatic carboxylic acids is 1. The SMILES string of the molecule is CO/N=C(/C(=O)CCl)C(=O)N[C@@H]1C(=O)N2C(C(=O)O)=C(COC(C)=O)CSC12. The maximum Gasteiger partial charge on any atom is 0.352 e. The van der Waals surface area contributed by atoms with Crippen LogP contribution in [0.5, 0.6) is 0 Å². The third kappa shape index (κ3) is 4.28. The lowest BCUT2D eigenvalue weighted by molar-refractivity contribution is -0.150. The second kappa shape index (κ2) is 9.06. The molecule has 1 fully saturated rings. The number of ketones is 1. The van der Waals surface area contributed by atoms with E-state index < -0.39 is 52.5 Å². The zero-order valence-corrected chi connectivity index (χ0v) is 16.3. The van der Waals surface area contributed by atoms with Gasteiger partial charge in [0.1, 0.15) is 30.8 Å². The zero-order chi connectivity index (χ0) is 21.0. The number of nitrogens with one attached hydrogen (secondary N) is 1. The number of nitrogens with zero attached hydrogens (tertiary/aromatic N) is 2. The summed E-state index contributed by atoms with van der Waals surface area (Å²) < 4.78 is 4.83. The molecule has 0 aromatic carbocycles. The number of rotatable bonds is 8. The van der Waals surface area contributed by atoms with E-state index in [0.717, 1.165) is 12.0 Å². The maximum atomic E-state index is 12.5. The van der Waals surface area contributed by atoms with E-state index >= 15 is 0 Å². The molecule has 13 heteroatoms. The number of esters is 1. The third-order valence-corrected chi connectivity index (χ3v) is 5.35. The monoisotopic (exact) mass is 433 g/mol. The number of oxime groups is 1. The minimum Gasteiger partial charge on any atom is -0.477 e. The number of hydrogen-bond donors (Lipinski definition) is 2. The summed E-state index contributed by atoms with van der Waals surface area (Å²) in [6, 6.07) is -1.06. The van der Waals surface area contributed by atoms with Crippen molar-refractivity contribution in [2.45, 2.75) is 18.3 Å². The van der Waals surface area contributed by atoms with Crippen molar-refractivity contribution in [1.29, 1.82) is 0 Å². The third-order valence-electron chi connectivity index (χ3n) is 3.77. The Morgan fingerprint density at radius 2 is 2.07 bits per heavy atom. The Morgan fingerprint density at radius 1 is 1.39 bits per heavy atom. The Morgan fingerprint density at radius 3 is 2.61 bits per heavy atom. The van der Waals surface area contributed by atoms with Gasteiger partial charge in [-0.1, -0.05) is 5.16 Å². The highest BCUT2D eigenvalue weighted by molar-refractivity contribution is 8.00. The lowest BCUT2D eigenvalue weighted by Gasteiger charge is -2.49. The molecule has 2 rings (SSSR count). The predicted octanol–water partition coefficient (Wildman–Crippen LogP) is -0.902. The average Bonchev–Trinajstić information content (AvgIpc) is 2.66. The average molecular weight is 434 g/mol. The molecular weight excluding hydrogens is 418 g/mol. The number of carbonyl (C=O) groups excluding carboxylic acids is 4. The van der Waals surface area contributed by atoms with Crippen molar-refractivity contribution in [1.82, 2.24) is 10.2 Å². The van der Waals surface area contributed by atoms with Gasteiger partial charge in [-0.25, -0.2) is 4.79 Å². The molecule has 2 amide bonds. The first kappa shape index (κ1) is 21.7. The molecule has 0 aliphatic carbocycles. The topological polar surface area (TPSA) is 152 Å². The van der Waals surface area contributed by atoms with Crippen molar-refractivity contribution in [2.24, 2.45) is 5.16 Å². The van der Waals surface area contributed by atoms with E-state index in [-0.39, 0.29) is 23.6 Å². The largest absolute Gasteiger partial charge is 0.477 e. The van der Waals surface area contributed by atoms with Gasteiger partial charge in [0.15, 0.2) is 0 Å². The van der Waals surface area contributed by atoms with Crippen LogP contribution in [0.1, 0.15) is 6.92 Å². The van der Waals surface area contributed by atoms with E-state index in [4.69, 9.17) is 16.3 Å². The van der Waals surface area contributed by atoms with Crippen LogP contribution in [-0.2, 0) is 33.5 Å². The van der Waals surface area contributed by atoms with Crippen LogP contribution < -0.4 is 5.32 Å². The van der Waals surface area contributed by atoms with E-state index in [9.17, 15) is 29.1 Å². The molecule has 2 heterocycles. The van der Waals surface area contributed by atoms with Crippen LogP contribution in [0.2, 0.25) is 0 Å². The van der Waals surface area contributed by atoms with Crippen molar-refractivity contribution in [2.75, 3.05) is 25.3 Å². The number of carboxylic acid groups (broad SMARTS) is 1. The molecule has 2 aliphatic heterocycles. The molecule has 0 bridgehead atoms. The van der Waals surface area contributed by atoms with Gasteiger partial charge in [0.25, 0.3) is 11.8 Å². The van der Waals surface area contributed by atoms with Crippen LogP contribution in [0.3, 0.4) is 0 Å². The highest BCUT2D eigenvalue weighted by Crippen LogP contribution is 2.40. The van der Waals surface area contributed by atoms with Gasteiger partial charge < -0.3 is 20.0 Å². The van der Waals surface area contributed by atoms with Gasteiger partial charge in [0.2, 0.25) is 11.5 Å². The second-order valence-electron chi connectivity index (χ2n) is 5.58. The maximum absolute atomic E-state index is 12.5. The summed E-state index contributed by atoms with van der Waals surface area (Å²) in [5.41, 5.74) is -0.627. The van der Waals surface area contributed by atoms with Crippen LogP contribution in [0.25, 0.3) is 0 Å². The number of thioether (sulfide) groups is 1. The number of carboxylic acids is 1. The fourth-order valence-electron chi connectivity index (χ4n) is 2.57. The van der Waals surface area contributed by atoms with E-state index in [1.165, 1.54) is 18.7 Å². The summed E-state index contributed by atoms with van der Waals surface area (Å²) in [4.78, 5) is 64.4. The molecule has 2 N–H and O–H groups in total. The molecule has 1 saturated heterocycles. The molecule has 0 radical (unpaired) electrons. The van der Waals surface area contributed by atoms with Gasteiger partial charge in [-0.05, 0) is 0 Å². The summed E-state index contributed by atoms with van der Waals surface area (Å²) in [6.45, 7) is 0.924. The van der Waals surface area contributed by atoms with Gasteiger partial charge in [0, 0.05) is 18.2 Å². The minimum atomic E-state index is -1.36. The molecule has 1 unspecified atom stereocenters. The van der Waals surface area contributed by atoms with Crippen LogP contribution in [-0.4, -0.2) is 82.0 Å². The molecule has 0 saturated carbocycles. The zero-order valence-electron chi connectivity index (χ0n) is 14.8. The Kier molecular flexibility index (Phi) is 7.02. The lowest BCUT2D eigenvalue weighted by Crippen LogP contribution is -2.71. The first-order chi connectivity index (χ1) is 13.2. The standard InChI is InChI=1S/C15H16ClN3O8S/c1-6(20)27-4-7-5-28-14-10(13(23)19(14)11(7)15(24)25)17-12(22)9(18-26-2)8(21)3-16/h10,14H,3-5H2,1-2H3,(H,17,22)(H,24,25)/b18-9-/t10-,14?/m1/s1. The molecule has 2 atom stereocenters. The lowest BCUT2D eigenvalue weighted by atomic mass is 10.0. The number of alkyl halides is 1. The fraction of sp³-hybridized carbons (Fsp3) is 0.467. The van der Waals surface area contributed by atoms with Crippen molar-refractivity contribution in [3.8, 4) is 0 Å². The number of fused-ring (bicyclic) bond motifs is 1. The number of halogens is 1. The highest BCUT2D eigenvalue weighted by Gasteiger charge is 2.54. The van der Waals surface area contributed by atoms with Crippen molar-refractivity contribution in [3.05, 3.63) is 11.3 Å². The summed E-state index contributed by atoms with van der Waals surface area (Å²) >= 11 is 6.60. The fourth-order valence-corrected chi connectivity index (χ4v) is 4.02. The number of β-lactam (4-membered cyclic amide) rings is 1. The Labute approximate surface area is 168 Å². The first-order valence-corrected chi connectivity index (χ1v) is 9.35. The summed E-state index contributed by atoms with van der Waals surface area (Å²) in [7, 11) is 1.14. The molecule has 152 valence electrons. The highest BCUT2D eigenvalue weighted by atomic mass is 35.5. The first-order valence-electron chi connectivity index (χ1n) is 7.77. The van der Waals surface area contributed by atoms with E-state index in [1.54, 1.807) is 0 Å². The Balaban J connectivity index is 2.18. The molecule has 28 heavy (non-hydrogen) atoms. The van der Waals surface area contributed by atoms with Crippen molar-refractivity contribution in [3.63, 3.8) is 0 Å². The number of carbonyl (C=O) groups is 5. The smallest absolute Gasteiger partial charge is 0.352 e. The quantitative estimate of drug-likeness (QED) is 0.124.